The van der Waals surface area contributed by atoms with Gasteiger partial charge < -0.3 is 10.1 Å². The Labute approximate surface area is 243 Å². The summed E-state index contributed by atoms with van der Waals surface area (Å²) in [4.78, 5) is 22.6. The lowest BCUT2D eigenvalue weighted by molar-refractivity contribution is -0.138. The summed E-state index contributed by atoms with van der Waals surface area (Å²) in [6.07, 6.45) is -1.94. The number of fused-ring (bicyclic) bond motifs is 1. The molecule has 0 radical (unpaired) electrons. The van der Waals surface area contributed by atoms with E-state index in [9.17, 15) is 22.4 Å². The van der Waals surface area contributed by atoms with E-state index in [4.69, 9.17) is 4.74 Å². The molecule has 2 aromatic heterocycles. The van der Waals surface area contributed by atoms with E-state index in [2.05, 4.69) is 15.3 Å². The van der Waals surface area contributed by atoms with Crippen LogP contribution in [-0.2, 0) is 19.1 Å². The van der Waals surface area contributed by atoms with Gasteiger partial charge in [-0.2, -0.15) is 13.2 Å². The molecule has 0 aliphatic carbocycles. The first-order chi connectivity index (χ1) is 20.0. The quantitative estimate of drug-likeness (QED) is 0.241. The molecule has 0 fully saturated rings. The summed E-state index contributed by atoms with van der Waals surface area (Å²) in [5, 5.41) is 3.70. The van der Waals surface area contributed by atoms with Crippen LogP contribution < -0.4 is 15.6 Å². The van der Waals surface area contributed by atoms with Gasteiger partial charge in [0.05, 0.1) is 40.7 Å². The Balaban J connectivity index is 1.63. The van der Waals surface area contributed by atoms with Gasteiger partial charge in [0.15, 0.2) is 11.6 Å². The number of benzene rings is 2. The van der Waals surface area contributed by atoms with Crippen LogP contribution in [0.4, 0.5) is 22.0 Å². The molecular formula is C30H27F5N4O2S. The van der Waals surface area contributed by atoms with Crippen molar-refractivity contribution in [3.05, 3.63) is 104 Å². The monoisotopic (exact) mass is 602 g/mol. The zero-order valence-electron chi connectivity index (χ0n) is 23.0. The highest BCUT2D eigenvalue weighted by molar-refractivity contribution is 7.99. The lowest BCUT2D eigenvalue weighted by atomic mass is 9.92. The molecule has 12 heteroatoms. The molecule has 220 valence electrons. The second kappa shape index (κ2) is 11.8. The zero-order chi connectivity index (χ0) is 30.2. The van der Waals surface area contributed by atoms with Crippen LogP contribution in [0.1, 0.15) is 39.7 Å². The molecule has 1 atom stereocenters. The molecule has 3 heterocycles. The number of halogens is 5. The highest BCUT2D eigenvalue weighted by Gasteiger charge is 2.36. The minimum Gasteiger partial charge on any atom is -0.494 e. The molecule has 1 N–H and O–H groups in total. The number of nitrogens with one attached hydrogen (secondary N) is 1. The molecule has 0 spiro atoms. The maximum absolute atomic E-state index is 15.5. The number of pyridine rings is 1. The summed E-state index contributed by atoms with van der Waals surface area (Å²) >= 11 is 1.31. The maximum Gasteiger partial charge on any atom is 0.416 e. The predicted molar refractivity (Wildman–Crippen MR) is 150 cm³/mol. The summed E-state index contributed by atoms with van der Waals surface area (Å²) in [5.74, 6) is -1.43. The Kier molecular flexibility index (Phi) is 8.38. The molecule has 2 aromatic carbocycles. The first-order valence-electron chi connectivity index (χ1n) is 13.1. The Hall–Kier alpha value is -3.77. The fraction of sp³-hybridized carbons (Fsp3) is 0.300. The van der Waals surface area contributed by atoms with Crippen LogP contribution in [0.25, 0.3) is 11.1 Å². The van der Waals surface area contributed by atoms with Gasteiger partial charge in [-0.1, -0.05) is 18.2 Å². The Morgan fingerprint density at radius 2 is 1.83 bits per heavy atom. The topological polar surface area (TPSA) is 69.0 Å². The van der Waals surface area contributed by atoms with Crippen LogP contribution >= 0.6 is 11.8 Å². The van der Waals surface area contributed by atoms with E-state index in [1.54, 1.807) is 19.3 Å². The number of hydrogen-bond acceptors (Lipinski definition) is 6. The van der Waals surface area contributed by atoms with E-state index in [0.717, 1.165) is 23.9 Å². The van der Waals surface area contributed by atoms with Gasteiger partial charge in [-0.15, -0.1) is 11.8 Å². The molecule has 42 heavy (non-hydrogen) atoms. The number of thioether (sulfide) groups is 1. The minimum atomic E-state index is -4.79. The number of alkyl halides is 3. The molecule has 4 aromatic rings. The summed E-state index contributed by atoms with van der Waals surface area (Å²) in [6.45, 7) is 4.08. The van der Waals surface area contributed by atoms with Crippen LogP contribution in [-0.4, -0.2) is 33.9 Å². The maximum atomic E-state index is 15.5. The van der Waals surface area contributed by atoms with E-state index in [1.807, 2.05) is 6.92 Å². The Bertz CT molecular complexity index is 1690. The molecular weight excluding hydrogens is 575 g/mol. The number of hydrogen-bond donors (Lipinski definition) is 1. The Morgan fingerprint density at radius 1 is 1.07 bits per heavy atom. The summed E-state index contributed by atoms with van der Waals surface area (Å²) in [5.41, 5.74) is -0.0893. The van der Waals surface area contributed by atoms with Crippen LogP contribution in [0, 0.1) is 25.5 Å². The first kappa shape index (κ1) is 29.7. The van der Waals surface area contributed by atoms with E-state index >= 15 is 4.39 Å². The second-order valence-corrected chi connectivity index (χ2v) is 11.0. The van der Waals surface area contributed by atoms with Crippen molar-refractivity contribution >= 4 is 11.8 Å². The molecule has 0 bridgehead atoms. The number of aromatic nitrogens is 3. The van der Waals surface area contributed by atoms with Crippen LogP contribution in [0.2, 0.25) is 0 Å². The lowest BCUT2D eigenvalue weighted by Crippen LogP contribution is -2.33. The van der Waals surface area contributed by atoms with Gasteiger partial charge in [0.1, 0.15) is 5.82 Å². The number of nitrogens with zero attached hydrogens (tertiary/aromatic N) is 3. The highest BCUT2D eigenvalue weighted by Crippen LogP contribution is 2.42. The fourth-order valence-electron chi connectivity index (χ4n) is 5.16. The van der Waals surface area contributed by atoms with Gasteiger partial charge in [-0.25, -0.2) is 8.78 Å². The number of methoxy groups -OCH3 is 1. The molecule has 0 saturated carbocycles. The molecule has 1 aliphatic heterocycles. The van der Waals surface area contributed by atoms with Gasteiger partial charge in [-0.05, 0) is 43.2 Å². The van der Waals surface area contributed by atoms with Crippen LogP contribution in [0.5, 0.6) is 5.75 Å². The first-order valence-corrected chi connectivity index (χ1v) is 14.1. The number of ether oxygens (including phenoxy) is 1. The molecule has 1 aliphatic rings. The standard InChI is InChI=1S/C30H27F5N4O2S/c1-16-11-38-18(13-37-16)12-36-14-19-15-42-29-21(10-22-23(30(33,34)35)7-5-8-24(22)31)17(2)26(28(40)39(19)29)20-6-4-9-25(41-3)27(20)32/h4-9,11,13,19,36H,10,12,14-15H2,1-3H3. The summed E-state index contributed by atoms with van der Waals surface area (Å²) < 4.78 is 78.8. The van der Waals surface area contributed by atoms with Gasteiger partial charge >= 0.3 is 6.18 Å². The van der Waals surface area contributed by atoms with Crippen molar-refractivity contribution in [2.24, 2.45) is 0 Å². The van der Waals surface area contributed by atoms with E-state index < -0.39 is 47.0 Å². The smallest absolute Gasteiger partial charge is 0.416 e. The summed E-state index contributed by atoms with van der Waals surface area (Å²) in [7, 11) is 1.30. The molecule has 5 rings (SSSR count). The normalized spacial score (nSPS) is 14.7. The van der Waals surface area contributed by atoms with Crippen LogP contribution in [0.3, 0.4) is 0 Å². The molecule has 6 nitrogen and oxygen atoms in total. The minimum absolute atomic E-state index is 0.00745. The van der Waals surface area contributed by atoms with E-state index in [0.29, 0.717) is 35.1 Å². The van der Waals surface area contributed by atoms with Crippen LogP contribution in [0.15, 0.2) is 58.6 Å². The van der Waals surface area contributed by atoms with E-state index in [-0.39, 0.29) is 22.4 Å². The van der Waals surface area contributed by atoms with Gasteiger partial charge in [0.25, 0.3) is 5.56 Å². The highest BCUT2D eigenvalue weighted by atomic mass is 32.2. The number of rotatable bonds is 8. The van der Waals surface area contributed by atoms with Crippen molar-refractivity contribution in [2.75, 3.05) is 19.4 Å². The Morgan fingerprint density at radius 3 is 2.52 bits per heavy atom. The SMILES string of the molecule is COc1cccc(-c2c(C)c(Cc3c(F)cccc3C(F)(F)F)c3n(c2=O)C(CNCc2cnc(C)cn2)CS3)c1F. The van der Waals surface area contributed by atoms with Crippen molar-refractivity contribution in [1.29, 1.82) is 0 Å². The lowest BCUT2D eigenvalue weighted by Gasteiger charge is -2.22. The molecule has 0 amide bonds. The van der Waals surface area contributed by atoms with E-state index in [1.165, 1.54) is 41.6 Å². The third-order valence-corrected chi connectivity index (χ3v) is 8.53. The average Bonchev–Trinajstić information content (AvgIpc) is 3.37. The second-order valence-electron chi connectivity index (χ2n) is 9.97. The predicted octanol–water partition coefficient (Wildman–Crippen LogP) is 6.26. The average molecular weight is 603 g/mol. The third kappa shape index (κ3) is 5.65. The van der Waals surface area contributed by atoms with Crippen molar-refractivity contribution < 1.29 is 26.7 Å². The number of aryl methyl sites for hydroxylation is 1. The van der Waals surface area contributed by atoms with Gasteiger partial charge in [0, 0.05) is 48.8 Å². The van der Waals surface area contributed by atoms with Crippen molar-refractivity contribution in [3.8, 4) is 16.9 Å². The van der Waals surface area contributed by atoms with Gasteiger partial charge in [0.2, 0.25) is 0 Å². The summed E-state index contributed by atoms with van der Waals surface area (Å²) in [6, 6.07) is 6.78. The zero-order valence-corrected chi connectivity index (χ0v) is 23.8. The molecule has 1 unspecified atom stereocenters. The largest absolute Gasteiger partial charge is 0.494 e. The van der Waals surface area contributed by atoms with Crippen molar-refractivity contribution in [3.63, 3.8) is 0 Å². The van der Waals surface area contributed by atoms with Crippen molar-refractivity contribution in [1.82, 2.24) is 19.9 Å². The fourth-order valence-corrected chi connectivity index (χ4v) is 6.55. The van der Waals surface area contributed by atoms with Gasteiger partial charge in [-0.3, -0.25) is 19.3 Å². The molecule has 0 saturated heterocycles. The third-order valence-electron chi connectivity index (χ3n) is 7.27. The van der Waals surface area contributed by atoms with Crippen molar-refractivity contribution in [2.45, 2.75) is 44.1 Å².